The molecule has 2 aromatic rings. The van der Waals surface area contributed by atoms with Gasteiger partial charge in [0.25, 0.3) is 0 Å². The highest BCUT2D eigenvalue weighted by atomic mass is 19.1. The van der Waals surface area contributed by atoms with Crippen LogP contribution in [0.1, 0.15) is 19.8 Å². The van der Waals surface area contributed by atoms with Crippen LogP contribution >= 0.6 is 0 Å². The summed E-state index contributed by atoms with van der Waals surface area (Å²) in [6.45, 7) is 6.48. The molecule has 30 heavy (non-hydrogen) atoms. The average Bonchev–Trinajstić information content (AvgIpc) is 3.14. The van der Waals surface area contributed by atoms with Gasteiger partial charge >= 0.3 is 0 Å². The summed E-state index contributed by atoms with van der Waals surface area (Å²) in [6.07, 6.45) is 1.79. The number of carbonyl (C=O) groups excluding carboxylic acids is 1. The van der Waals surface area contributed by atoms with E-state index in [2.05, 4.69) is 15.1 Å². The number of carbonyl (C=O) groups is 1. The zero-order chi connectivity index (χ0) is 20.9. The van der Waals surface area contributed by atoms with Crippen LogP contribution in [0.5, 0.6) is 11.5 Å². The number of benzene rings is 2. The Morgan fingerprint density at radius 3 is 2.53 bits per heavy atom. The molecule has 0 bridgehead atoms. The Hall–Kier alpha value is -2.80. The van der Waals surface area contributed by atoms with Crippen LogP contribution in [0.2, 0.25) is 0 Å². The van der Waals surface area contributed by atoms with E-state index in [1.165, 1.54) is 12.1 Å². The summed E-state index contributed by atoms with van der Waals surface area (Å²) in [5.74, 6) is 1.12. The SMILES string of the molecule is CC(C(=O)Nc1ccc2c(c1)OCCCO2)N1CCCN(c2ccc(F)cc2)CC1. The van der Waals surface area contributed by atoms with Gasteiger partial charge in [-0.25, -0.2) is 4.39 Å². The molecule has 1 N–H and O–H groups in total. The number of fused-ring (bicyclic) bond motifs is 1. The summed E-state index contributed by atoms with van der Waals surface area (Å²) >= 11 is 0. The molecule has 6 nitrogen and oxygen atoms in total. The number of amides is 1. The van der Waals surface area contributed by atoms with Crippen molar-refractivity contribution in [2.45, 2.75) is 25.8 Å². The van der Waals surface area contributed by atoms with E-state index in [4.69, 9.17) is 9.47 Å². The Morgan fingerprint density at radius 1 is 0.967 bits per heavy atom. The van der Waals surface area contributed by atoms with E-state index in [-0.39, 0.29) is 17.8 Å². The third-order valence-electron chi connectivity index (χ3n) is 5.66. The monoisotopic (exact) mass is 413 g/mol. The zero-order valence-electron chi connectivity index (χ0n) is 17.3. The highest BCUT2D eigenvalue weighted by Gasteiger charge is 2.24. The molecule has 2 aromatic carbocycles. The van der Waals surface area contributed by atoms with Crippen LogP contribution < -0.4 is 19.7 Å². The number of nitrogens with one attached hydrogen (secondary N) is 1. The molecule has 2 heterocycles. The van der Waals surface area contributed by atoms with E-state index >= 15 is 0 Å². The van der Waals surface area contributed by atoms with Gasteiger partial charge in [0.15, 0.2) is 11.5 Å². The summed E-state index contributed by atoms with van der Waals surface area (Å²) in [5.41, 5.74) is 1.72. The Bertz CT molecular complexity index is 874. The second-order valence-electron chi connectivity index (χ2n) is 7.73. The van der Waals surface area contributed by atoms with Gasteiger partial charge in [-0.2, -0.15) is 0 Å². The van der Waals surface area contributed by atoms with Crippen molar-refractivity contribution in [1.29, 1.82) is 0 Å². The van der Waals surface area contributed by atoms with Gasteiger partial charge < -0.3 is 19.7 Å². The third kappa shape index (κ3) is 4.84. The van der Waals surface area contributed by atoms with E-state index in [1.54, 1.807) is 0 Å². The molecule has 1 amide bonds. The number of anilines is 2. The van der Waals surface area contributed by atoms with Crippen LogP contribution in [-0.2, 0) is 4.79 Å². The molecule has 1 unspecified atom stereocenters. The molecule has 0 radical (unpaired) electrons. The fourth-order valence-electron chi connectivity index (χ4n) is 3.89. The van der Waals surface area contributed by atoms with Gasteiger partial charge in [0.05, 0.1) is 19.3 Å². The standard InChI is InChI=1S/C23H28FN3O3/c1-17(23(28)25-19-6-9-21-22(16-19)30-15-3-14-29-21)26-10-2-11-27(13-12-26)20-7-4-18(24)5-8-20/h4-9,16-17H,2-3,10-15H2,1H3,(H,25,28). The second-order valence-corrected chi connectivity index (χ2v) is 7.73. The first kappa shape index (κ1) is 20.5. The van der Waals surface area contributed by atoms with E-state index in [0.717, 1.165) is 44.7 Å². The van der Waals surface area contributed by atoms with Gasteiger partial charge in [0.2, 0.25) is 5.91 Å². The third-order valence-corrected chi connectivity index (χ3v) is 5.66. The maximum Gasteiger partial charge on any atom is 0.241 e. The summed E-state index contributed by atoms with van der Waals surface area (Å²) in [7, 11) is 0. The molecule has 2 aliphatic rings. The van der Waals surface area contributed by atoms with Crippen LogP contribution in [0.15, 0.2) is 42.5 Å². The molecule has 1 atom stereocenters. The highest BCUT2D eigenvalue weighted by molar-refractivity contribution is 5.94. The minimum atomic E-state index is -0.255. The van der Waals surface area contributed by atoms with Gasteiger partial charge in [-0.3, -0.25) is 9.69 Å². The number of hydrogen-bond donors (Lipinski definition) is 1. The minimum Gasteiger partial charge on any atom is -0.490 e. The van der Waals surface area contributed by atoms with E-state index in [9.17, 15) is 9.18 Å². The predicted molar refractivity (Wildman–Crippen MR) is 115 cm³/mol. The lowest BCUT2D eigenvalue weighted by Crippen LogP contribution is -2.43. The first-order valence-corrected chi connectivity index (χ1v) is 10.6. The van der Waals surface area contributed by atoms with E-state index in [0.29, 0.717) is 30.4 Å². The van der Waals surface area contributed by atoms with Crippen molar-refractivity contribution in [2.24, 2.45) is 0 Å². The number of hydrogen-bond acceptors (Lipinski definition) is 5. The number of rotatable bonds is 4. The fourth-order valence-corrected chi connectivity index (χ4v) is 3.89. The van der Waals surface area contributed by atoms with Crippen LogP contribution in [0.25, 0.3) is 0 Å². The van der Waals surface area contributed by atoms with Crippen molar-refractivity contribution in [3.05, 3.63) is 48.3 Å². The molecule has 4 rings (SSSR count). The number of halogens is 1. The molecular formula is C23H28FN3O3. The van der Waals surface area contributed by atoms with Gasteiger partial charge in [-0.05, 0) is 49.7 Å². The largest absolute Gasteiger partial charge is 0.490 e. The minimum absolute atomic E-state index is 0.0419. The summed E-state index contributed by atoms with van der Waals surface area (Å²) in [6, 6.07) is 11.9. The van der Waals surface area contributed by atoms with E-state index in [1.807, 2.05) is 37.3 Å². The molecule has 1 fully saturated rings. The first-order chi connectivity index (χ1) is 14.6. The Labute approximate surface area is 176 Å². The van der Waals surface area contributed by atoms with Crippen molar-refractivity contribution >= 4 is 17.3 Å². The number of ether oxygens (including phenoxy) is 2. The van der Waals surface area contributed by atoms with Crippen molar-refractivity contribution in [1.82, 2.24) is 4.90 Å². The molecule has 0 saturated carbocycles. The Kier molecular flexibility index (Phi) is 6.38. The maximum absolute atomic E-state index is 13.2. The summed E-state index contributed by atoms with van der Waals surface area (Å²) in [4.78, 5) is 17.3. The molecule has 7 heteroatoms. The quantitative estimate of drug-likeness (QED) is 0.831. The van der Waals surface area contributed by atoms with Gasteiger partial charge in [0.1, 0.15) is 5.82 Å². The van der Waals surface area contributed by atoms with E-state index < -0.39 is 0 Å². The molecule has 2 aliphatic heterocycles. The second kappa shape index (κ2) is 9.34. The topological polar surface area (TPSA) is 54.0 Å². The van der Waals surface area contributed by atoms with Crippen LogP contribution in [0, 0.1) is 5.82 Å². The first-order valence-electron chi connectivity index (χ1n) is 10.6. The molecule has 0 aliphatic carbocycles. The van der Waals surface area contributed by atoms with Crippen molar-refractivity contribution in [3.8, 4) is 11.5 Å². The Morgan fingerprint density at radius 2 is 1.73 bits per heavy atom. The van der Waals surface area contributed by atoms with Gasteiger partial charge in [-0.15, -0.1) is 0 Å². The molecule has 1 saturated heterocycles. The van der Waals surface area contributed by atoms with Crippen molar-refractivity contribution in [2.75, 3.05) is 49.6 Å². The van der Waals surface area contributed by atoms with Crippen LogP contribution in [0.3, 0.4) is 0 Å². The molecular weight excluding hydrogens is 385 g/mol. The lowest BCUT2D eigenvalue weighted by atomic mass is 10.2. The summed E-state index contributed by atoms with van der Waals surface area (Å²) in [5, 5.41) is 3.01. The lowest BCUT2D eigenvalue weighted by molar-refractivity contribution is -0.120. The van der Waals surface area contributed by atoms with Crippen LogP contribution in [0.4, 0.5) is 15.8 Å². The van der Waals surface area contributed by atoms with Crippen molar-refractivity contribution in [3.63, 3.8) is 0 Å². The fraction of sp³-hybridized carbons (Fsp3) is 0.435. The predicted octanol–water partition coefficient (Wildman–Crippen LogP) is 3.53. The normalized spacial score (nSPS) is 18.3. The summed E-state index contributed by atoms with van der Waals surface area (Å²) < 4.78 is 24.6. The smallest absolute Gasteiger partial charge is 0.241 e. The maximum atomic E-state index is 13.2. The lowest BCUT2D eigenvalue weighted by Gasteiger charge is -2.27. The van der Waals surface area contributed by atoms with Gasteiger partial charge in [-0.1, -0.05) is 0 Å². The molecule has 160 valence electrons. The molecule has 0 aromatic heterocycles. The Balaban J connectivity index is 1.36. The number of nitrogens with zero attached hydrogens (tertiary/aromatic N) is 2. The average molecular weight is 413 g/mol. The zero-order valence-corrected chi connectivity index (χ0v) is 17.3. The van der Waals surface area contributed by atoms with Gasteiger partial charge in [0, 0.05) is 50.0 Å². The van der Waals surface area contributed by atoms with Crippen molar-refractivity contribution < 1.29 is 18.7 Å². The molecule has 0 spiro atoms. The highest BCUT2D eigenvalue weighted by Crippen LogP contribution is 2.32. The van der Waals surface area contributed by atoms with Crippen LogP contribution in [-0.4, -0.2) is 56.2 Å².